The Morgan fingerprint density at radius 1 is 0.883 bits per heavy atom. The van der Waals surface area contributed by atoms with Gasteiger partial charge in [0.15, 0.2) is 17.7 Å². The molecule has 2 aliphatic heterocycles. The van der Waals surface area contributed by atoms with Gasteiger partial charge in [-0.25, -0.2) is 46.9 Å². The number of hydrogen-bond acceptors (Lipinski definition) is 13. The Kier molecular flexibility index (Phi) is 10.1. The minimum absolute atomic E-state index is 0.0158. The van der Waals surface area contributed by atoms with E-state index in [1.54, 1.807) is 0 Å². The summed E-state index contributed by atoms with van der Waals surface area (Å²) in [6.07, 6.45) is -4.16. The number of alkyl halides is 4. The average molecular weight is 847 g/mol. The molecule has 15 nitrogen and oxygen atoms in total. The first-order valence-corrected chi connectivity index (χ1v) is 18.2. The van der Waals surface area contributed by atoms with Gasteiger partial charge in [-0.1, -0.05) is 23.4 Å². The summed E-state index contributed by atoms with van der Waals surface area (Å²) in [6, 6.07) is 10.9. The van der Waals surface area contributed by atoms with Crippen LogP contribution in [-0.4, -0.2) is 70.5 Å². The zero-order chi connectivity index (χ0) is 42.5. The van der Waals surface area contributed by atoms with E-state index in [1.807, 2.05) is 6.07 Å². The molecular weight excluding hydrogens is 819 g/mol. The second-order valence-electron chi connectivity index (χ2n) is 14.0. The number of amides is 2. The summed E-state index contributed by atoms with van der Waals surface area (Å²) >= 11 is 6.48. The Hall–Kier alpha value is -7.06. The second-order valence-corrected chi connectivity index (χ2v) is 14.4. The molecule has 7 atom stereocenters. The third-order valence-corrected chi connectivity index (χ3v) is 10.7. The molecule has 1 unspecified atom stereocenters. The molecule has 8 rings (SSSR count). The number of carbonyl (C=O) groups is 2. The standard InChI is InChI=1S/C39H28ClF5N10O5/c40-24-6-4-18(52-32(56)26-8-3-17(13-46)14-49-26)10-21(24)39(35(44)45)30-20(31(30)60-37(48)55-39)2-1-9-58-29-16-50-27(15-51-29)33(57)53-19-5-7-25(41)22(11-19)38(34(42)43)23-12-28(23)59-36(47)54-38/h3-8,10-11,14-16,20,23,28,30-31,34-35H,9,12H2,(H2,47,54)(H2,48,55)(H,52,56)(H,53,57)/t20?,23-,28+,30-,31+,38+,39+/m0/s1. The van der Waals surface area contributed by atoms with E-state index in [1.165, 1.54) is 42.6 Å². The Labute approximate surface area is 341 Å². The number of ether oxygens (including phenoxy) is 3. The predicted molar refractivity (Wildman–Crippen MR) is 201 cm³/mol. The number of aromatic nitrogens is 3. The number of amidine groups is 2. The van der Waals surface area contributed by atoms with Crippen molar-refractivity contribution in [2.24, 2.45) is 39.2 Å². The molecule has 2 fully saturated rings. The molecule has 0 radical (unpaired) electrons. The zero-order valence-electron chi connectivity index (χ0n) is 30.5. The van der Waals surface area contributed by atoms with Crippen LogP contribution in [0.2, 0.25) is 5.02 Å². The highest BCUT2D eigenvalue weighted by Crippen LogP contribution is 2.60. The van der Waals surface area contributed by atoms with Crippen molar-refractivity contribution >= 4 is 46.8 Å². The number of anilines is 2. The smallest absolute Gasteiger partial charge is 0.283 e. The highest BCUT2D eigenvalue weighted by atomic mass is 35.5. The third kappa shape index (κ3) is 7.08. The van der Waals surface area contributed by atoms with Gasteiger partial charge >= 0.3 is 0 Å². The third-order valence-electron chi connectivity index (χ3n) is 10.4. The zero-order valence-corrected chi connectivity index (χ0v) is 31.2. The van der Waals surface area contributed by atoms with Crippen molar-refractivity contribution in [2.75, 3.05) is 17.2 Å². The van der Waals surface area contributed by atoms with Crippen LogP contribution in [0.15, 0.2) is 77.1 Å². The van der Waals surface area contributed by atoms with Crippen LogP contribution in [0, 0.1) is 46.7 Å². The summed E-state index contributed by atoms with van der Waals surface area (Å²) in [5.41, 5.74) is 6.47. The number of nitrogens with one attached hydrogen (secondary N) is 2. The van der Waals surface area contributed by atoms with Gasteiger partial charge in [0.2, 0.25) is 5.88 Å². The maximum atomic E-state index is 15.2. The van der Waals surface area contributed by atoms with Gasteiger partial charge in [-0.05, 0) is 55.0 Å². The summed E-state index contributed by atoms with van der Waals surface area (Å²) in [7, 11) is 0. The predicted octanol–water partition coefficient (Wildman–Crippen LogP) is 4.74. The first kappa shape index (κ1) is 39.8. The van der Waals surface area contributed by atoms with E-state index in [0.717, 1.165) is 24.5 Å². The number of fused-ring (bicyclic) bond motifs is 2. The van der Waals surface area contributed by atoms with Crippen LogP contribution in [0.1, 0.15) is 44.1 Å². The Morgan fingerprint density at radius 3 is 2.22 bits per heavy atom. The van der Waals surface area contributed by atoms with Crippen molar-refractivity contribution in [1.29, 1.82) is 5.26 Å². The molecule has 4 aliphatic rings. The lowest BCUT2D eigenvalue weighted by molar-refractivity contribution is 0.0177. The molecule has 6 N–H and O–H groups in total. The van der Waals surface area contributed by atoms with Crippen LogP contribution < -0.4 is 26.8 Å². The number of nitrogens with two attached hydrogens (primary N) is 2. The van der Waals surface area contributed by atoms with Crippen LogP contribution in [0.4, 0.5) is 33.3 Å². The second kappa shape index (κ2) is 15.3. The number of nitrogens with zero attached hydrogens (tertiary/aromatic N) is 6. The average Bonchev–Trinajstić information content (AvgIpc) is 4.16. The summed E-state index contributed by atoms with van der Waals surface area (Å²) in [5, 5.41) is 14.0. The molecule has 0 spiro atoms. The van der Waals surface area contributed by atoms with E-state index in [4.69, 9.17) is 42.5 Å². The van der Waals surface area contributed by atoms with Gasteiger partial charge in [-0.3, -0.25) is 9.59 Å². The van der Waals surface area contributed by atoms with Crippen molar-refractivity contribution in [1.82, 2.24) is 15.0 Å². The molecule has 2 aliphatic carbocycles. The Morgan fingerprint density at radius 2 is 1.55 bits per heavy atom. The van der Waals surface area contributed by atoms with E-state index in [2.05, 4.69) is 47.4 Å². The van der Waals surface area contributed by atoms with E-state index >= 15 is 8.78 Å². The maximum Gasteiger partial charge on any atom is 0.283 e. The van der Waals surface area contributed by atoms with E-state index in [9.17, 15) is 22.8 Å². The molecule has 21 heteroatoms. The van der Waals surface area contributed by atoms with Gasteiger partial charge in [0, 0.05) is 45.6 Å². The molecule has 60 heavy (non-hydrogen) atoms. The molecule has 4 aromatic rings. The molecule has 2 aromatic heterocycles. The van der Waals surface area contributed by atoms with Gasteiger partial charge in [0.05, 0.1) is 23.9 Å². The summed E-state index contributed by atoms with van der Waals surface area (Å²) in [4.78, 5) is 45.7. The van der Waals surface area contributed by atoms with Crippen LogP contribution in [-0.2, 0) is 20.6 Å². The van der Waals surface area contributed by atoms with Crippen molar-refractivity contribution in [2.45, 2.75) is 42.6 Å². The topological polar surface area (TPSA) is 225 Å². The highest BCUT2D eigenvalue weighted by Gasteiger charge is 2.70. The molecule has 0 bridgehead atoms. The van der Waals surface area contributed by atoms with Gasteiger partial charge in [-0.15, -0.1) is 0 Å². The van der Waals surface area contributed by atoms with Crippen molar-refractivity contribution < 1.29 is 45.8 Å². The fourth-order valence-corrected chi connectivity index (χ4v) is 7.75. The van der Waals surface area contributed by atoms with Gasteiger partial charge in [-0.2, -0.15) is 5.26 Å². The molecule has 4 heterocycles. The Bertz CT molecular complexity index is 2570. The van der Waals surface area contributed by atoms with E-state index in [-0.39, 0.29) is 57.8 Å². The fraction of sp³-hybridized carbons (Fsp3) is 0.282. The molecule has 0 saturated heterocycles. The normalized spacial score (nSPS) is 25.7. The van der Waals surface area contributed by atoms with Gasteiger partial charge < -0.3 is 36.3 Å². The number of nitriles is 1. The highest BCUT2D eigenvalue weighted by molar-refractivity contribution is 6.31. The SMILES string of the molecule is N#Cc1ccc(C(=O)Nc2ccc(Cl)c([C@@]3(C(F)F)N=C(N)O[C@@H]4C(C#CCOc5cnc(C(=O)Nc6ccc(F)c([C@@]7(C(F)F)N=C(N)O[C@@H]8C[C@@H]87)c6)cn5)[C@@H]43)c2)nc1. The van der Waals surface area contributed by atoms with Crippen LogP contribution in [0.5, 0.6) is 5.88 Å². The summed E-state index contributed by atoms with van der Waals surface area (Å²) in [5.74, 6) is 0.499. The molecule has 306 valence electrons. The fourth-order valence-electron chi connectivity index (χ4n) is 7.48. The van der Waals surface area contributed by atoms with Crippen LogP contribution in [0.25, 0.3) is 0 Å². The number of rotatable bonds is 10. The summed E-state index contributed by atoms with van der Waals surface area (Å²) in [6.45, 7) is -0.288. The number of aliphatic imine (C=N–C) groups is 2. The summed E-state index contributed by atoms with van der Waals surface area (Å²) < 4.78 is 90.7. The molecule has 2 aromatic carbocycles. The monoisotopic (exact) mass is 846 g/mol. The molecule has 2 amide bonds. The number of benzene rings is 2. The minimum atomic E-state index is -3.14. The first-order chi connectivity index (χ1) is 28.7. The lowest BCUT2D eigenvalue weighted by atomic mass is 9.83. The Balaban J connectivity index is 0.923. The number of halogens is 6. The van der Waals surface area contributed by atoms with E-state index in [0.29, 0.717) is 0 Å². The lowest BCUT2D eigenvalue weighted by Gasteiger charge is -2.33. The number of hydrogen-bond donors (Lipinski definition) is 4. The maximum absolute atomic E-state index is 15.2. The van der Waals surface area contributed by atoms with Crippen molar-refractivity contribution in [3.63, 3.8) is 0 Å². The van der Waals surface area contributed by atoms with Crippen LogP contribution in [0.3, 0.4) is 0 Å². The van der Waals surface area contributed by atoms with Gasteiger partial charge in [0.1, 0.15) is 35.5 Å². The first-order valence-electron chi connectivity index (χ1n) is 17.9. The number of carbonyl (C=O) groups excluding carboxylic acids is 2. The minimum Gasteiger partial charge on any atom is -0.463 e. The van der Waals surface area contributed by atoms with Crippen LogP contribution >= 0.6 is 11.6 Å². The van der Waals surface area contributed by atoms with Gasteiger partial charge in [0.25, 0.3) is 36.7 Å². The van der Waals surface area contributed by atoms with Crippen molar-refractivity contribution in [3.05, 3.63) is 106 Å². The largest absolute Gasteiger partial charge is 0.463 e. The quantitative estimate of drug-likeness (QED) is 0.126. The molecule has 2 saturated carbocycles. The lowest BCUT2D eigenvalue weighted by Crippen LogP contribution is -2.43. The molecular formula is C39H28ClF5N10O5. The van der Waals surface area contributed by atoms with E-state index < -0.39 is 89.1 Å². The number of pyridine rings is 1. The van der Waals surface area contributed by atoms with Crippen molar-refractivity contribution in [3.8, 4) is 23.8 Å².